The van der Waals surface area contributed by atoms with Crippen LogP contribution >= 0.6 is 0 Å². The van der Waals surface area contributed by atoms with Gasteiger partial charge < -0.3 is 20.3 Å². The zero-order valence-corrected chi connectivity index (χ0v) is 47.0. The van der Waals surface area contributed by atoms with Gasteiger partial charge >= 0.3 is 5.97 Å². The molecule has 6 heteroatoms. The Morgan fingerprint density at radius 2 is 0.671 bits per heavy atom. The Labute approximate surface area is 436 Å². The third-order valence-corrected chi connectivity index (χ3v) is 14.4. The Hall–Kier alpha value is -1.92. The highest BCUT2D eigenvalue weighted by Crippen LogP contribution is 2.17. The summed E-state index contributed by atoms with van der Waals surface area (Å²) >= 11 is 0. The molecule has 2 unspecified atom stereocenters. The van der Waals surface area contributed by atoms with Gasteiger partial charge in [0, 0.05) is 12.8 Å². The smallest absolute Gasteiger partial charge is 0.305 e. The molecule has 412 valence electrons. The Kier molecular flexibility index (Phi) is 58.0. The van der Waals surface area contributed by atoms with E-state index in [1.165, 1.54) is 225 Å². The topological polar surface area (TPSA) is 95.9 Å². The fourth-order valence-corrected chi connectivity index (χ4v) is 9.57. The number of ether oxygens (including phenoxy) is 1. The molecule has 2 atom stereocenters. The first-order chi connectivity index (χ1) is 34.5. The van der Waals surface area contributed by atoms with Crippen molar-refractivity contribution in [2.75, 3.05) is 13.2 Å². The number of carbonyl (C=O) groups excluding carboxylic acids is 2. The van der Waals surface area contributed by atoms with Crippen molar-refractivity contribution in [1.82, 2.24) is 5.32 Å². The summed E-state index contributed by atoms with van der Waals surface area (Å²) < 4.78 is 5.46. The maximum Gasteiger partial charge on any atom is 0.305 e. The number of aliphatic hydroxyl groups is 2. The van der Waals surface area contributed by atoms with Crippen molar-refractivity contribution in [3.8, 4) is 0 Å². The first-order valence-electron chi connectivity index (χ1n) is 31.3. The van der Waals surface area contributed by atoms with Crippen molar-refractivity contribution in [2.24, 2.45) is 0 Å². The van der Waals surface area contributed by atoms with Crippen LogP contribution in [0.5, 0.6) is 0 Å². The highest BCUT2D eigenvalue weighted by atomic mass is 16.5. The molecule has 0 aromatic carbocycles. The van der Waals surface area contributed by atoms with E-state index in [0.717, 1.165) is 83.5 Å². The Morgan fingerprint density at radius 1 is 0.386 bits per heavy atom. The fourth-order valence-electron chi connectivity index (χ4n) is 9.57. The Morgan fingerprint density at radius 3 is 1.01 bits per heavy atom. The molecule has 0 rings (SSSR count). The summed E-state index contributed by atoms with van der Waals surface area (Å²) in [4.78, 5) is 24.6. The van der Waals surface area contributed by atoms with Crippen molar-refractivity contribution in [2.45, 2.75) is 347 Å². The molecule has 3 N–H and O–H groups in total. The van der Waals surface area contributed by atoms with Crippen molar-refractivity contribution in [1.29, 1.82) is 0 Å². The predicted octanol–water partition coefficient (Wildman–Crippen LogP) is 19.6. The second kappa shape index (κ2) is 59.6. The molecule has 0 bridgehead atoms. The van der Waals surface area contributed by atoms with Crippen LogP contribution in [0.2, 0.25) is 0 Å². The molecule has 0 saturated carbocycles. The molecule has 0 saturated heterocycles. The van der Waals surface area contributed by atoms with Gasteiger partial charge in [-0.3, -0.25) is 9.59 Å². The molecule has 0 aliphatic rings. The zero-order chi connectivity index (χ0) is 50.7. The van der Waals surface area contributed by atoms with Crippen molar-refractivity contribution >= 4 is 11.9 Å². The minimum absolute atomic E-state index is 0.0328. The van der Waals surface area contributed by atoms with E-state index in [-0.39, 0.29) is 18.5 Å². The highest BCUT2D eigenvalue weighted by Gasteiger charge is 2.18. The highest BCUT2D eigenvalue weighted by molar-refractivity contribution is 5.76. The number of amides is 1. The van der Waals surface area contributed by atoms with Crippen LogP contribution in [0.15, 0.2) is 36.5 Å². The number of hydrogen-bond acceptors (Lipinski definition) is 5. The monoisotopic (exact) mass is 984 g/mol. The number of nitrogens with one attached hydrogen (secondary N) is 1. The van der Waals surface area contributed by atoms with Crippen molar-refractivity contribution < 1.29 is 24.5 Å². The molecule has 70 heavy (non-hydrogen) atoms. The molecular weight excluding hydrogens is 863 g/mol. The van der Waals surface area contributed by atoms with E-state index in [2.05, 4.69) is 43.5 Å². The lowest BCUT2D eigenvalue weighted by atomic mass is 10.0. The molecule has 0 fully saturated rings. The fraction of sp³-hybridized carbons (Fsp3) is 0.875. The molecule has 0 aromatic heterocycles. The van der Waals surface area contributed by atoms with Gasteiger partial charge in [-0.25, -0.2) is 0 Å². The van der Waals surface area contributed by atoms with E-state index >= 15 is 0 Å². The summed E-state index contributed by atoms with van der Waals surface area (Å²) in [7, 11) is 0. The minimum Gasteiger partial charge on any atom is -0.466 e. The van der Waals surface area contributed by atoms with Gasteiger partial charge in [0.25, 0.3) is 0 Å². The average molecular weight is 985 g/mol. The number of aliphatic hydroxyl groups excluding tert-OH is 2. The minimum atomic E-state index is -0.864. The molecule has 6 nitrogen and oxygen atoms in total. The molecule has 0 heterocycles. The van der Waals surface area contributed by atoms with Crippen LogP contribution in [0, 0.1) is 0 Å². The summed E-state index contributed by atoms with van der Waals surface area (Å²) in [6.45, 7) is 4.84. The number of allylic oxidation sites excluding steroid dienone is 5. The van der Waals surface area contributed by atoms with Gasteiger partial charge in [0.1, 0.15) is 0 Å². The van der Waals surface area contributed by atoms with Gasteiger partial charge in [-0.05, 0) is 83.5 Å². The van der Waals surface area contributed by atoms with Crippen LogP contribution in [-0.4, -0.2) is 47.4 Å². The molecule has 0 aliphatic heterocycles. The van der Waals surface area contributed by atoms with Gasteiger partial charge in [-0.1, -0.05) is 275 Å². The number of esters is 1. The summed E-state index contributed by atoms with van der Waals surface area (Å²) in [5, 5.41) is 23.2. The first-order valence-corrected chi connectivity index (χ1v) is 31.3. The van der Waals surface area contributed by atoms with Crippen LogP contribution in [0.4, 0.5) is 0 Å². The Bertz CT molecular complexity index is 1130. The normalized spacial score (nSPS) is 12.8. The van der Waals surface area contributed by atoms with E-state index in [1.807, 2.05) is 6.08 Å². The van der Waals surface area contributed by atoms with Crippen LogP contribution in [0.3, 0.4) is 0 Å². The maximum atomic E-state index is 12.5. The third kappa shape index (κ3) is 55.4. The summed E-state index contributed by atoms with van der Waals surface area (Å²) in [5.41, 5.74) is 0. The lowest BCUT2D eigenvalue weighted by molar-refractivity contribution is -0.143. The molecule has 0 aromatic rings. The molecular formula is C64H121NO5. The van der Waals surface area contributed by atoms with Crippen LogP contribution in [0.1, 0.15) is 335 Å². The third-order valence-electron chi connectivity index (χ3n) is 14.4. The van der Waals surface area contributed by atoms with Gasteiger partial charge in [0.2, 0.25) is 5.91 Å². The summed E-state index contributed by atoms with van der Waals surface area (Å²) in [6, 6.07) is -0.651. The van der Waals surface area contributed by atoms with Crippen LogP contribution in [0.25, 0.3) is 0 Å². The van der Waals surface area contributed by atoms with E-state index in [1.54, 1.807) is 6.08 Å². The lowest BCUT2D eigenvalue weighted by Gasteiger charge is -2.20. The molecule has 0 spiro atoms. The second-order valence-corrected chi connectivity index (χ2v) is 21.4. The first kappa shape index (κ1) is 68.1. The molecule has 0 aliphatic carbocycles. The molecule has 1 amide bonds. The zero-order valence-electron chi connectivity index (χ0n) is 47.0. The van der Waals surface area contributed by atoms with E-state index in [4.69, 9.17) is 4.74 Å². The predicted molar refractivity (Wildman–Crippen MR) is 306 cm³/mol. The van der Waals surface area contributed by atoms with Gasteiger partial charge in [0.05, 0.1) is 25.4 Å². The largest absolute Gasteiger partial charge is 0.466 e. The Balaban J connectivity index is 3.52. The number of rotatable bonds is 58. The van der Waals surface area contributed by atoms with Gasteiger partial charge in [-0.15, -0.1) is 0 Å². The quantitative estimate of drug-likeness (QED) is 0.0321. The van der Waals surface area contributed by atoms with Crippen LogP contribution in [-0.2, 0) is 14.3 Å². The molecule has 0 radical (unpaired) electrons. The second-order valence-electron chi connectivity index (χ2n) is 21.4. The summed E-state index contributed by atoms with van der Waals surface area (Å²) in [6.07, 6.45) is 74.7. The lowest BCUT2D eigenvalue weighted by Crippen LogP contribution is -2.45. The average Bonchev–Trinajstić information content (AvgIpc) is 3.36. The SMILES string of the molecule is CCCCCCCC/C=C\CCCCCCCCCCCC(=O)OCCCC/C=C\CCCCCCCC(=O)NC(CO)C(O)/C=C/CCCCCCCCCCCCCCCCCCCCCCC. The van der Waals surface area contributed by atoms with E-state index in [0.29, 0.717) is 19.4 Å². The van der Waals surface area contributed by atoms with Crippen LogP contribution < -0.4 is 5.32 Å². The number of carbonyl (C=O) groups is 2. The van der Waals surface area contributed by atoms with E-state index in [9.17, 15) is 19.8 Å². The van der Waals surface area contributed by atoms with Gasteiger partial charge in [0.15, 0.2) is 0 Å². The van der Waals surface area contributed by atoms with E-state index < -0.39 is 12.1 Å². The number of unbranched alkanes of at least 4 members (excludes halogenated alkanes) is 43. The van der Waals surface area contributed by atoms with Gasteiger partial charge in [-0.2, -0.15) is 0 Å². The number of hydrogen-bond donors (Lipinski definition) is 3. The maximum absolute atomic E-state index is 12.5. The van der Waals surface area contributed by atoms with Crippen molar-refractivity contribution in [3.05, 3.63) is 36.5 Å². The standard InChI is InChI=1S/C64H121NO5/c1-3-5-7-9-11-13-15-17-19-21-23-24-25-26-28-29-31-33-36-40-44-48-52-56-62(67)61(60-66)65-63(68)57-53-49-45-41-37-35-39-43-47-51-55-59-70-64(69)58-54-50-46-42-38-34-32-30-27-22-20-18-16-14-12-10-8-6-4-2/h18,20,39,43,52,56,61-62,66-67H,3-17,19,21-38,40-42,44-51,53-55,57-60H2,1-2H3,(H,65,68)/b20-18-,43-39-,56-52+. The summed E-state index contributed by atoms with van der Waals surface area (Å²) in [5.74, 6) is -0.127. The van der Waals surface area contributed by atoms with Crippen molar-refractivity contribution in [3.63, 3.8) is 0 Å².